The van der Waals surface area contributed by atoms with E-state index in [2.05, 4.69) is 28.5 Å². The zero-order valence-corrected chi connectivity index (χ0v) is 19.3. The average molecular weight is 441 g/mol. The van der Waals surface area contributed by atoms with Crippen molar-refractivity contribution in [1.29, 1.82) is 0 Å². The summed E-state index contributed by atoms with van der Waals surface area (Å²) in [5, 5.41) is 12.2. The van der Waals surface area contributed by atoms with Gasteiger partial charge < -0.3 is 19.4 Å². The number of thioether (sulfide) groups is 1. The number of methoxy groups -OCH3 is 1. The molecule has 8 heteroatoms. The highest BCUT2D eigenvalue weighted by atomic mass is 32.2. The number of ether oxygens (including phenoxy) is 2. The minimum Gasteiger partial charge on any atom is -0.497 e. The third kappa shape index (κ3) is 5.79. The first-order chi connectivity index (χ1) is 14.9. The molecule has 1 N–H and O–H groups in total. The van der Waals surface area contributed by atoms with Crippen LogP contribution in [0.2, 0.25) is 0 Å². The Morgan fingerprint density at radius 2 is 1.90 bits per heavy atom. The lowest BCUT2D eigenvalue weighted by atomic mass is 10.1. The van der Waals surface area contributed by atoms with Crippen molar-refractivity contribution in [3.8, 4) is 11.5 Å². The molecule has 3 rings (SSSR count). The third-order valence-corrected chi connectivity index (χ3v) is 5.73. The highest BCUT2D eigenvalue weighted by Crippen LogP contribution is 2.27. The monoisotopic (exact) mass is 440 g/mol. The molecule has 1 atom stereocenters. The number of benzene rings is 2. The number of amides is 1. The Labute approximate surface area is 187 Å². The summed E-state index contributed by atoms with van der Waals surface area (Å²) >= 11 is 1.35. The summed E-state index contributed by atoms with van der Waals surface area (Å²) in [5.41, 5.74) is 3.00. The number of carbonyl (C=O) groups excluding carboxylic acids is 1. The van der Waals surface area contributed by atoms with E-state index in [9.17, 15) is 4.79 Å². The Bertz CT molecular complexity index is 1030. The van der Waals surface area contributed by atoms with E-state index in [0.29, 0.717) is 11.7 Å². The summed E-state index contributed by atoms with van der Waals surface area (Å²) in [7, 11) is 1.61. The van der Waals surface area contributed by atoms with Gasteiger partial charge in [-0.25, -0.2) is 0 Å². The molecule has 0 saturated carbocycles. The molecule has 31 heavy (non-hydrogen) atoms. The van der Waals surface area contributed by atoms with Crippen molar-refractivity contribution in [1.82, 2.24) is 14.8 Å². The fraction of sp³-hybridized carbons (Fsp3) is 0.348. The number of rotatable bonds is 9. The van der Waals surface area contributed by atoms with Crippen LogP contribution < -0.4 is 14.8 Å². The number of anilines is 1. The van der Waals surface area contributed by atoms with Crippen molar-refractivity contribution in [3.63, 3.8) is 0 Å². The van der Waals surface area contributed by atoms with E-state index in [-0.39, 0.29) is 17.8 Å². The number of aromatic nitrogens is 3. The topological polar surface area (TPSA) is 78.3 Å². The molecule has 0 saturated heterocycles. The van der Waals surface area contributed by atoms with Gasteiger partial charge in [0.15, 0.2) is 17.1 Å². The van der Waals surface area contributed by atoms with Gasteiger partial charge in [-0.1, -0.05) is 29.5 Å². The van der Waals surface area contributed by atoms with Crippen LogP contribution in [-0.2, 0) is 11.3 Å². The normalized spacial score (nSPS) is 11.8. The maximum Gasteiger partial charge on any atom is 0.234 e. The van der Waals surface area contributed by atoms with Crippen LogP contribution in [0.1, 0.15) is 36.9 Å². The van der Waals surface area contributed by atoms with Gasteiger partial charge in [0.25, 0.3) is 0 Å². The van der Waals surface area contributed by atoms with E-state index in [0.717, 1.165) is 28.6 Å². The van der Waals surface area contributed by atoms with E-state index >= 15 is 0 Å². The lowest BCUT2D eigenvalue weighted by molar-refractivity contribution is -0.113. The largest absolute Gasteiger partial charge is 0.497 e. The van der Waals surface area contributed by atoms with Gasteiger partial charge in [-0.2, -0.15) is 0 Å². The first-order valence-corrected chi connectivity index (χ1v) is 11.1. The van der Waals surface area contributed by atoms with Crippen molar-refractivity contribution < 1.29 is 14.3 Å². The smallest absolute Gasteiger partial charge is 0.234 e. The molecule has 0 spiro atoms. The number of hydrogen-bond donors (Lipinski definition) is 1. The Kier molecular flexibility index (Phi) is 7.57. The molecule has 1 aromatic heterocycles. The molecule has 0 aliphatic rings. The molecule has 0 radical (unpaired) electrons. The zero-order valence-electron chi connectivity index (χ0n) is 18.5. The van der Waals surface area contributed by atoms with Crippen LogP contribution in [0.15, 0.2) is 47.6 Å². The van der Waals surface area contributed by atoms with Crippen LogP contribution in [0.25, 0.3) is 0 Å². The van der Waals surface area contributed by atoms with Crippen LogP contribution in [0.3, 0.4) is 0 Å². The van der Waals surface area contributed by atoms with Gasteiger partial charge in [0, 0.05) is 12.2 Å². The molecule has 1 amide bonds. The summed E-state index contributed by atoms with van der Waals surface area (Å²) in [5.74, 6) is 2.43. The van der Waals surface area contributed by atoms with Crippen molar-refractivity contribution in [2.45, 2.75) is 45.5 Å². The quantitative estimate of drug-likeness (QED) is 0.482. The summed E-state index contributed by atoms with van der Waals surface area (Å²) in [6, 6.07) is 13.3. The van der Waals surface area contributed by atoms with Gasteiger partial charge in [-0.15, -0.1) is 10.2 Å². The molecule has 2 aromatic carbocycles. The summed E-state index contributed by atoms with van der Waals surface area (Å²) < 4.78 is 13.3. The van der Waals surface area contributed by atoms with Gasteiger partial charge in [0.2, 0.25) is 5.91 Å². The number of nitrogens with zero attached hydrogens (tertiary/aromatic N) is 3. The fourth-order valence-electron chi connectivity index (χ4n) is 3.18. The van der Waals surface area contributed by atoms with Crippen molar-refractivity contribution >= 4 is 23.4 Å². The average Bonchev–Trinajstić information content (AvgIpc) is 3.18. The molecule has 0 aliphatic carbocycles. The second-order valence-electron chi connectivity index (χ2n) is 7.18. The number of nitrogens with one attached hydrogen (secondary N) is 1. The minimum atomic E-state index is -0.267. The Balaban J connectivity index is 1.62. The van der Waals surface area contributed by atoms with Crippen LogP contribution >= 0.6 is 11.8 Å². The van der Waals surface area contributed by atoms with E-state index in [1.165, 1.54) is 17.3 Å². The van der Waals surface area contributed by atoms with Gasteiger partial charge in [0.1, 0.15) is 11.5 Å². The maximum atomic E-state index is 12.3. The highest BCUT2D eigenvalue weighted by Gasteiger charge is 2.20. The standard InChI is InChI=1S/C23H28N4O3S/c1-6-27-22(17(4)30-20-12-7-15(2)13-16(20)3)25-26-23(27)31-14-21(28)24-18-8-10-19(29-5)11-9-18/h7-13,17H,6,14H2,1-5H3,(H,24,28). The molecule has 0 aliphatic heterocycles. The van der Waals surface area contributed by atoms with Gasteiger partial charge in [-0.3, -0.25) is 4.79 Å². The second-order valence-corrected chi connectivity index (χ2v) is 8.12. The Morgan fingerprint density at radius 3 is 2.55 bits per heavy atom. The SMILES string of the molecule is CCn1c(SCC(=O)Nc2ccc(OC)cc2)nnc1C(C)Oc1ccc(C)cc1C. The van der Waals surface area contributed by atoms with Gasteiger partial charge in [-0.05, 0) is 63.6 Å². The van der Waals surface area contributed by atoms with E-state index in [1.54, 1.807) is 31.4 Å². The second kappa shape index (κ2) is 10.3. The van der Waals surface area contributed by atoms with E-state index in [1.807, 2.05) is 37.5 Å². The summed E-state index contributed by atoms with van der Waals surface area (Å²) in [6.07, 6.45) is -0.267. The predicted octanol–water partition coefficient (Wildman–Crippen LogP) is 4.79. The maximum absolute atomic E-state index is 12.3. The van der Waals surface area contributed by atoms with E-state index in [4.69, 9.17) is 9.47 Å². The summed E-state index contributed by atoms with van der Waals surface area (Å²) in [4.78, 5) is 12.3. The molecule has 1 heterocycles. The molecular weight excluding hydrogens is 412 g/mol. The molecule has 1 unspecified atom stereocenters. The van der Waals surface area contributed by atoms with Crippen molar-refractivity contribution in [2.75, 3.05) is 18.2 Å². The van der Waals surface area contributed by atoms with E-state index < -0.39 is 0 Å². The molecule has 3 aromatic rings. The van der Waals surface area contributed by atoms with Crippen LogP contribution in [-0.4, -0.2) is 33.5 Å². The Morgan fingerprint density at radius 1 is 1.16 bits per heavy atom. The Hall–Kier alpha value is -3.00. The molecule has 164 valence electrons. The number of aryl methyl sites for hydroxylation is 2. The lowest BCUT2D eigenvalue weighted by Gasteiger charge is -2.17. The molecular formula is C23H28N4O3S. The first kappa shape index (κ1) is 22.7. The fourth-order valence-corrected chi connectivity index (χ4v) is 3.99. The number of carbonyl (C=O) groups is 1. The van der Waals surface area contributed by atoms with Crippen LogP contribution in [0.5, 0.6) is 11.5 Å². The molecule has 0 bridgehead atoms. The van der Waals surface area contributed by atoms with Crippen molar-refractivity contribution in [2.24, 2.45) is 0 Å². The van der Waals surface area contributed by atoms with Gasteiger partial charge >= 0.3 is 0 Å². The lowest BCUT2D eigenvalue weighted by Crippen LogP contribution is -2.15. The first-order valence-electron chi connectivity index (χ1n) is 10.1. The number of hydrogen-bond acceptors (Lipinski definition) is 6. The van der Waals surface area contributed by atoms with Crippen molar-refractivity contribution in [3.05, 3.63) is 59.4 Å². The van der Waals surface area contributed by atoms with Crippen LogP contribution in [0, 0.1) is 13.8 Å². The minimum absolute atomic E-state index is 0.109. The third-order valence-electron chi connectivity index (χ3n) is 4.77. The molecule has 7 nitrogen and oxygen atoms in total. The molecule has 0 fully saturated rings. The zero-order chi connectivity index (χ0) is 22.4. The predicted molar refractivity (Wildman–Crippen MR) is 123 cm³/mol. The van der Waals surface area contributed by atoms with Crippen LogP contribution in [0.4, 0.5) is 5.69 Å². The summed E-state index contributed by atoms with van der Waals surface area (Å²) in [6.45, 7) is 8.76. The highest BCUT2D eigenvalue weighted by molar-refractivity contribution is 7.99. The van der Waals surface area contributed by atoms with Gasteiger partial charge in [0.05, 0.1) is 12.9 Å².